The van der Waals surface area contributed by atoms with Crippen molar-refractivity contribution in [1.82, 2.24) is 4.98 Å². The highest BCUT2D eigenvalue weighted by atomic mass is 16.5. The van der Waals surface area contributed by atoms with Crippen molar-refractivity contribution >= 4 is 5.82 Å². The molecular formula is C15H22N2O2. The summed E-state index contributed by atoms with van der Waals surface area (Å²) in [5, 5.41) is 10.2. The number of hydrogen-bond acceptors (Lipinski definition) is 4. The molecule has 1 saturated heterocycles. The first kappa shape index (κ1) is 12.9. The monoisotopic (exact) mass is 262 g/mol. The first-order valence-electron chi connectivity index (χ1n) is 7.22. The fourth-order valence-corrected chi connectivity index (χ4v) is 3.51. The summed E-state index contributed by atoms with van der Waals surface area (Å²) < 4.78 is 5.79. The van der Waals surface area contributed by atoms with E-state index in [2.05, 4.69) is 16.0 Å². The average Bonchev–Trinajstić information content (AvgIpc) is 2.48. The number of nitrogens with zero attached hydrogens (tertiary/aromatic N) is 2. The number of ether oxygens (including phenoxy) is 1. The lowest BCUT2D eigenvalue weighted by molar-refractivity contribution is -0.199. The molecule has 2 unspecified atom stereocenters. The minimum Gasteiger partial charge on any atom is -0.392 e. The molecule has 1 N–H and O–H groups in total. The summed E-state index contributed by atoms with van der Waals surface area (Å²) in [5.74, 6) is 1.04. The minimum atomic E-state index is -0.185. The number of aliphatic hydroxyl groups is 1. The van der Waals surface area contributed by atoms with Crippen LogP contribution in [-0.2, 0) is 4.74 Å². The van der Waals surface area contributed by atoms with Gasteiger partial charge in [-0.3, -0.25) is 0 Å². The molecule has 2 atom stereocenters. The zero-order valence-corrected chi connectivity index (χ0v) is 11.5. The van der Waals surface area contributed by atoms with Crippen molar-refractivity contribution in [2.45, 2.75) is 38.4 Å². The normalized spacial score (nSPS) is 29.3. The molecule has 0 aromatic carbocycles. The summed E-state index contributed by atoms with van der Waals surface area (Å²) in [6.07, 6.45) is 4.69. The van der Waals surface area contributed by atoms with E-state index in [-0.39, 0.29) is 17.6 Å². The molecule has 2 fully saturated rings. The van der Waals surface area contributed by atoms with Gasteiger partial charge < -0.3 is 14.7 Å². The highest BCUT2D eigenvalue weighted by Crippen LogP contribution is 2.51. The smallest absolute Gasteiger partial charge is 0.128 e. The van der Waals surface area contributed by atoms with Gasteiger partial charge in [-0.2, -0.15) is 0 Å². The quantitative estimate of drug-likeness (QED) is 0.903. The van der Waals surface area contributed by atoms with Crippen LogP contribution in [0.25, 0.3) is 0 Å². The summed E-state index contributed by atoms with van der Waals surface area (Å²) in [4.78, 5) is 6.71. The second-order valence-electron chi connectivity index (χ2n) is 5.60. The van der Waals surface area contributed by atoms with E-state index in [0.29, 0.717) is 0 Å². The van der Waals surface area contributed by atoms with Gasteiger partial charge in [0.2, 0.25) is 0 Å². The molecule has 0 bridgehead atoms. The molecule has 1 saturated carbocycles. The van der Waals surface area contributed by atoms with Crippen LogP contribution in [-0.4, -0.2) is 42.0 Å². The summed E-state index contributed by atoms with van der Waals surface area (Å²) >= 11 is 0. The minimum absolute atomic E-state index is 0.00128. The van der Waals surface area contributed by atoms with E-state index in [1.54, 1.807) is 0 Å². The van der Waals surface area contributed by atoms with Crippen LogP contribution >= 0.6 is 0 Å². The highest BCUT2D eigenvalue weighted by molar-refractivity contribution is 5.38. The van der Waals surface area contributed by atoms with Crippen molar-refractivity contribution in [3.05, 3.63) is 24.4 Å². The molecule has 2 heterocycles. The average molecular weight is 262 g/mol. The molecule has 3 rings (SSSR count). The Kier molecular flexibility index (Phi) is 3.46. The van der Waals surface area contributed by atoms with Gasteiger partial charge in [0.05, 0.1) is 12.2 Å². The molecule has 4 nitrogen and oxygen atoms in total. The number of piperidine rings is 1. The highest BCUT2D eigenvalue weighted by Gasteiger charge is 2.56. The van der Waals surface area contributed by atoms with Crippen molar-refractivity contribution in [3.8, 4) is 0 Å². The van der Waals surface area contributed by atoms with E-state index in [1.165, 1.54) is 0 Å². The Balaban J connectivity index is 1.66. The maximum atomic E-state index is 10.2. The van der Waals surface area contributed by atoms with Gasteiger partial charge in [-0.15, -0.1) is 0 Å². The molecular weight excluding hydrogens is 240 g/mol. The fourth-order valence-electron chi connectivity index (χ4n) is 3.51. The van der Waals surface area contributed by atoms with Crippen LogP contribution in [0.4, 0.5) is 5.82 Å². The van der Waals surface area contributed by atoms with E-state index >= 15 is 0 Å². The summed E-state index contributed by atoms with van der Waals surface area (Å²) in [6.45, 7) is 4.68. The van der Waals surface area contributed by atoms with E-state index in [4.69, 9.17) is 4.74 Å². The fraction of sp³-hybridized carbons (Fsp3) is 0.667. The van der Waals surface area contributed by atoms with Crippen molar-refractivity contribution in [3.63, 3.8) is 0 Å². The van der Waals surface area contributed by atoms with E-state index in [1.807, 2.05) is 25.3 Å². The third-order valence-electron chi connectivity index (χ3n) is 4.78. The van der Waals surface area contributed by atoms with Gasteiger partial charge in [0.25, 0.3) is 0 Å². The van der Waals surface area contributed by atoms with Crippen LogP contribution in [0.15, 0.2) is 24.4 Å². The molecule has 1 aromatic rings. The first-order chi connectivity index (χ1) is 9.26. The van der Waals surface area contributed by atoms with E-state index in [0.717, 1.165) is 44.8 Å². The van der Waals surface area contributed by atoms with E-state index in [9.17, 15) is 5.11 Å². The maximum absolute atomic E-state index is 10.2. The Labute approximate surface area is 114 Å². The number of pyridine rings is 1. The van der Waals surface area contributed by atoms with Gasteiger partial charge in [0.1, 0.15) is 5.82 Å². The molecule has 2 aliphatic rings. The van der Waals surface area contributed by atoms with Crippen LogP contribution in [0.2, 0.25) is 0 Å². The van der Waals surface area contributed by atoms with Gasteiger partial charge in [0, 0.05) is 37.7 Å². The third-order valence-corrected chi connectivity index (χ3v) is 4.78. The number of aliphatic hydroxyl groups excluding tert-OH is 1. The van der Waals surface area contributed by atoms with Gasteiger partial charge in [0.15, 0.2) is 0 Å². The number of hydrogen-bond donors (Lipinski definition) is 1. The molecule has 0 radical (unpaired) electrons. The van der Waals surface area contributed by atoms with Crippen LogP contribution in [0.5, 0.6) is 0 Å². The van der Waals surface area contributed by atoms with Crippen LogP contribution < -0.4 is 4.90 Å². The van der Waals surface area contributed by atoms with Gasteiger partial charge in [-0.25, -0.2) is 4.98 Å². The molecule has 4 heteroatoms. The number of aromatic nitrogens is 1. The van der Waals surface area contributed by atoms with Crippen LogP contribution in [0.1, 0.15) is 26.2 Å². The van der Waals surface area contributed by atoms with Crippen molar-refractivity contribution in [1.29, 1.82) is 0 Å². The second-order valence-corrected chi connectivity index (χ2v) is 5.60. The molecule has 1 aliphatic carbocycles. The Morgan fingerprint density at radius 3 is 2.79 bits per heavy atom. The number of anilines is 1. The largest absolute Gasteiger partial charge is 0.392 e. The maximum Gasteiger partial charge on any atom is 0.128 e. The molecule has 1 spiro atoms. The van der Waals surface area contributed by atoms with Crippen LogP contribution in [0.3, 0.4) is 0 Å². The molecule has 1 aromatic heterocycles. The Bertz CT molecular complexity index is 413. The zero-order chi connectivity index (χ0) is 13.3. The molecule has 0 amide bonds. The summed E-state index contributed by atoms with van der Waals surface area (Å²) in [5.41, 5.74) is 0.00128. The lowest BCUT2D eigenvalue weighted by Gasteiger charge is -2.56. The SMILES string of the molecule is CCOC1CC(O)C12CCN(c1ccccn1)CC2. The second kappa shape index (κ2) is 5.10. The van der Waals surface area contributed by atoms with E-state index < -0.39 is 0 Å². The lowest BCUT2D eigenvalue weighted by atomic mass is 9.58. The molecule has 19 heavy (non-hydrogen) atoms. The Hall–Kier alpha value is -1.13. The first-order valence-corrected chi connectivity index (χ1v) is 7.22. The standard InChI is InChI=1S/C15H22N2O2/c1-2-19-13-11-12(18)15(13)6-9-17(10-7-15)14-5-3-4-8-16-14/h3-5,8,12-13,18H,2,6-7,9-11H2,1H3. The predicted molar refractivity (Wildman–Crippen MR) is 74.2 cm³/mol. The number of rotatable bonds is 3. The summed E-state index contributed by atoms with van der Waals surface area (Å²) in [7, 11) is 0. The van der Waals surface area contributed by atoms with Gasteiger partial charge >= 0.3 is 0 Å². The van der Waals surface area contributed by atoms with Crippen molar-refractivity contribution < 1.29 is 9.84 Å². The van der Waals surface area contributed by atoms with Gasteiger partial charge in [-0.1, -0.05) is 6.07 Å². The topological polar surface area (TPSA) is 45.6 Å². The zero-order valence-electron chi connectivity index (χ0n) is 11.5. The molecule has 104 valence electrons. The van der Waals surface area contributed by atoms with Crippen LogP contribution in [0, 0.1) is 5.41 Å². The Morgan fingerprint density at radius 1 is 1.42 bits per heavy atom. The third kappa shape index (κ3) is 2.13. The molecule has 1 aliphatic heterocycles. The van der Waals surface area contributed by atoms with Gasteiger partial charge in [-0.05, 0) is 31.9 Å². The predicted octanol–water partition coefficient (Wildman–Crippen LogP) is 1.84. The summed E-state index contributed by atoms with van der Waals surface area (Å²) in [6, 6.07) is 6.01. The van der Waals surface area contributed by atoms with Crippen molar-refractivity contribution in [2.75, 3.05) is 24.6 Å². The van der Waals surface area contributed by atoms with Crippen molar-refractivity contribution in [2.24, 2.45) is 5.41 Å². The Morgan fingerprint density at radius 2 is 2.21 bits per heavy atom. The lowest BCUT2D eigenvalue weighted by Crippen LogP contribution is -2.62.